The Bertz CT molecular complexity index is 1030. The smallest absolute Gasteiger partial charge is 0.259 e. The van der Waals surface area contributed by atoms with E-state index >= 15 is 0 Å². The van der Waals surface area contributed by atoms with Crippen LogP contribution in [0.4, 0.5) is 5.82 Å². The van der Waals surface area contributed by atoms with Gasteiger partial charge in [-0.3, -0.25) is 4.79 Å². The highest BCUT2D eigenvalue weighted by Crippen LogP contribution is 2.40. The molecule has 1 fully saturated rings. The van der Waals surface area contributed by atoms with Crippen LogP contribution in [0.3, 0.4) is 0 Å². The van der Waals surface area contributed by atoms with Gasteiger partial charge < -0.3 is 15.2 Å². The number of hydrogen-bond donors (Lipinski definition) is 2. The van der Waals surface area contributed by atoms with Crippen molar-refractivity contribution < 1.29 is 9.32 Å². The number of pyridine rings is 2. The van der Waals surface area contributed by atoms with Gasteiger partial charge in [0.1, 0.15) is 11.9 Å². The largest absolute Gasteiger partial charge is 0.368 e. The van der Waals surface area contributed by atoms with E-state index in [2.05, 4.69) is 25.8 Å². The van der Waals surface area contributed by atoms with E-state index in [0.717, 1.165) is 18.5 Å². The molecule has 0 radical (unpaired) electrons. The number of rotatable bonds is 6. The van der Waals surface area contributed by atoms with Crippen molar-refractivity contribution in [2.75, 3.05) is 18.4 Å². The van der Waals surface area contributed by atoms with Crippen molar-refractivity contribution in [3.63, 3.8) is 0 Å². The summed E-state index contributed by atoms with van der Waals surface area (Å²) in [6.45, 7) is 2.74. The lowest BCUT2D eigenvalue weighted by Crippen LogP contribution is -2.29. The molecule has 0 aromatic carbocycles. The lowest BCUT2D eigenvalue weighted by Gasteiger charge is -2.09. The van der Waals surface area contributed by atoms with Crippen LogP contribution in [0.1, 0.15) is 46.1 Å². The summed E-state index contributed by atoms with van der Waals surface area (Å²) < 4.78 is 5.28. The average Bonchev–Trinajstić information content (AvgIpc) is 3.48. The topological polar surface area (TPSA) is 117 Å². The van der Waals surface area contributed by atoms with E-state index < -0.39 is 0 Å². The van der Waals surface area contributed by atoms with Crippen LogP contribution in [0.2, 0.25) is 0 Å². The van der Waals surface area contributed by atoms with Crippen molar-refractivity contribution in [1.29, 1.82) is 5.26 Å². The molecule has 3 aromatic heterocycles. The molecule has 27 heavy (non-hydrogen) atoms. The fraction of sp³-hybridized carbons (Fsp3) is 0.316. The zero-order chi connectivity index (χ0) is 18.8. The predicted octanol–water partition coefficient (Wildman–Crippen LogP) is 2.52. The molecule has 1 aliphatic carbocycles. The Kier molecular flexibility index (Phi) is 4.42. The third kappa shape index (κ3) is 3.58. The lowest BCUT2D eigenvalue weighted by molar-refractivity contribution is 0.0956. The van der Waals surface area contributed by atoms with Gasteiger partial charge in [-0.2, -0.15) is 5.26 Å². The van der Waals surface area contributed by atoms with E-state index in [1.165, 1.54) is 6.20 Å². The number of nitrogens with zero attached hydrogens (tertiary/aromatic N) is 4. The van der Waals surface area contributed by atoms with Crippen LogP contribution in [0.25, 0.3) is 11.1 Å². The number of nitriles is 1. The Hall–Kier alpha value is -3.47. The first-order chi connectivity index (χ1) is 13.2. The van der Waals surface area contributed by atoms with Crippen LogP contribution >= 0.6 is 0 Å². The molecule has 2 N–H and O–H groups in total. The zero-order valence-electron chi connectivity index (χ0n) is 14.8. The molecule has 0 atom stereocenters. The number of aromatic nitrogens is 3. The molecule has 1 amide bonds. The second kappa shape index (κ2) is 7.03. The molecule has 3 aromatic rings. The molecule has 8 heteroatoms. The number of carbonyl (C=O) groups excluding carboxylic acids is 1. The van der Waals surface area contributed by atoms with Crippen LogP contribution in [-0.2, 0) is 0 Å². The maximum absolute atomic E-state index is 12.7. The second-order valence-electron chi connectivity index (χ2n) is 6.54. The normalized spacial score (nSPS) is 13.3. The van der Waals surface area contributed by atoms with Gasteiger partial charge in [-0.25, -0.2) is 9.97 Å². The van der Waals surface area contributed by atoms with Crippen molar-refractivity contribution in [3.8, 4) is 6.07 Å². The first kappa shape index (κ1) is 17.0. The van der Waals surface area contributed by atoms with Gasteiger partial charge in [0.15, 0.2) is 0 Å². The maximum atomic E-state index is 12.7. The Labute approximate surface area is 155 Å². The Balaban J connectivity index is 1.42. The predicted molar refractivity (Wildman–Crippen MR) is 98.3 cm³/mol. The summed E-state index contributed by atoms with van der Waals surface area (Å²) in [5.41, 5.74) is 3.03. The van der Waals surface area contributed by atoms with Gasteiger partial charge in [0.25, 0.3) is 11.6 Å². The van der Waals surface area contributed by atoms with Crippen LogP contribution in [0, 0.1) is 18.3 Å². The van der Waals surface area contributed by atoms with Crippen molar-refractivity contribution in [2.45, 2.75) is 25.7 Å². The van der Waals surface area contributed by atoms with Crippen LogP contribution < -0.4 is 10.6 Å². The number of fused-ring (bicyclic) bond motifs is 1. The standard InChI is InChI=1S/C19H18N6O2/c1-11-17-14(8-15(13-3-4-13)24-19(17)27-25-11)18(26)22-7-6-21-16-5-2-12(9-20)10-23-16/h2,5,8,10,13H,3-4,6-7H2,1H3,(H,21,23)(H,22,26). The van der Waals surface area contributed by atoms with Crippen LogP contribution in [0.5, 0.6) is 0 Å². The Morgan fingerprint density at radius 1 is 1.37 bits per heavy atom. The van der Waals surface area contributed by atoms with Crippen molar-refractivity contribution in [3.05, 3.63) is 46.9 Å². The van der Waals surface area contributed by atoms with Crippen molar-refractivity contribution in [1.82, 2.24) is 20.4 Å². The first-order valence-corrected chi connectivity index (χ1v) is 8.81. The average molecular weight is 362 g/mol. The molecule has 4 rings (SSSR count). The maximum Gasteiger partial charge on any atom is 0.259 e. The molecule has 0 bridgehead atoms. The minimum Gasteiger partial charge on any atom is -0.368 e. The van der Waals surface area contributed by atoms with Crippen LogP contribution in [-0.4, -0.2) is 34.1 Å². The van der Waals surface area contributed by atoms with Crippen molar-refractivity contribution >= 4 is 22.8 Å². The second-order valence-corrected chi connectivity index (χ2v) is 6.54. The van der Waals surface area contributed by atoms with Gasteiger partial charge >= 0.3 is 0 Å². The first-order valence-electron chi connectivity index (χ1n) is 8.81. The quantitative estimate of drug-likeness (QED) is 0.647. The van der Waals surface area contributed by atoms with Crippen molar-refractivity contribution in [2.24, 2.45) is 0 Å². The van der Waals surface area contributed by atoms with E-state index in [9.17, 15) is 4.79 Å². The molecule has 0 aliphatic heterocycles. The summed E-state index contributed by atoms with van der Waals surface area (Å²) in [6.07, 6.45) is 3.69. The summed E-state index contributed by atoms with van der Waals surface area (Å²) >= 11 is 0. The molecule has 136 valence electrons. The SMILES string of the molecule is Cc1noc2nc(C3CC3)cc(C(=O)NCCNc3ccc(C#N)cn3)c12. The van der Waals surface area contributed by atoms with Gasteiger partial charge in [0.05, 0.1) is 22.2 Å². The number of anilines is 1. The number of aryl methyl sites for hydroxylation is 1. The van der Waals surface area contributed by atoms with Crippen LogP contribution in [0.15, 0.2) is 28.9 Å². The molecule has 0 unspecified atom stereocenters. The molecular formula is C19H18N6O2. The molecule has 1 saturated carbocycles. The minimum absolute atomic E-state index is 0.176. The number of nitrogens with one attached hydrogen (secondary N) is 2. The van der Waals surface area contributed by atoms with E-state index in [1.807, 2.05) is 12.1 Å². The van der Waals surface area contributed by atoms with E-state index in [4.69, 9.17) is 9.78 Å². The molecule has 0 spiro atoms. The highest BCUT2D eigenvalue weighted by atomic mass is 16.5. The third-order valence-electron chi connectivity index (χ3n) is 4.49. The number of hydrogen-bond acceptors (Lipinski definition) is 7. The van der Waals surface area contributed by atoms with Gasteiger partial charge in [-0.1, -0.05) is 5.16 Å². The highest BCUT2D eigenvalue weighted by molar-refractivity contribution is 6.06. The number of carbonyl (C=O) groups is 1. The summed E-state index contributed by atoms with van der Waals surface area (Å²) in [4.78, 5) is 21.3. The molecule has 3 heterocycles. The summed E-state index contributed by atoms with van der Waals surface area (Å²) in [5, 5.41) is 19.4. The van der Waals surface area contributed by atoms with Gasteiger partial charge in [0, 0.05) is 30.9 Å². The molecule has 8 nitrogen and oxygen atoms in total. The summed E-state index contributed by atoms with van der Waals surface area (Å²) in [7, 11) is 0. The molecular weight excluding hydrogens is 344 g/mol. The fourth-order valence-corrected chi connectivity index (χ4v) is 2.91. The minimum atomic E-state index is -0.176. The third-order valence-corrected chi connectivity index (χ3v) is 4.49. The van der Waals surface area contributed by atoms with Gasteiger partial charge in [-0.15, -0.1) is 0 Å². The lowest BCUT2D eigenvalue weighted by atomic mass is 10.1. The van der Waals surface area contributed by atoms with E-state index in [1.54, 1.807) is 19.1 Å². The Morgan fingerprint density at radius 2 is 2.22 bits per heavy atom. The van der Waals surface area contributed by atoms with E-state index in [0.29, 0.717) is 52.7 Å². The van der Waals surface area contributed by atoms with Gasteiger partial charge in [-0.05, 0) is 38.0 Å². The Morgan fingerprint density at radius 3 is 2.93 bits per heavy atom. The summed E-state index contributed by atoms with van der Waals surface area (Å²) in [5.74, 6) is 0.890. The molecule has 1 aliphatic rings. The number of amides is 1. The van der Waals surface area contributed by atoms with Gasteiger partial charge in [0.2, 0.25) is 0 Å². The summed E-state index contributed by atoms with van der Waals surface area (Å²) in [6, 6.07) is 7.30. The zero-order valence-corrected chi connectivity index (χ0v) is 14.8. The monoisotopic (exact) mass is 362 g/mol. The fourth-order valence-electron chi connectivity index (χ4n) is 2.91. The van der Waals surface area contributed by atoms with E-state index in [-0.39, 0.29) is 5.91 Å². The highest BCUT2D eigenvalue weighted by Gasteiger charge is 2.28. The molecule has 0 saturated heterocycles.